The predicted octanol–water partition coefficient (Wildman–Crippen LogP) is 3.03. The summed E-state index contributed by atoms with van der Waals surface area (Å²) in [5.41, 5.74) is -1.91. The van der Waals surface area contributed by atoms with Gasteiger partial charge >= 0.3 is 6.18 Å². The third kappa shape index (κ3) is 1.94. The molecular weight excluding hydrogens is 205 g/mol. The zero-order valence-corrected chi connectivity index (χ0v) is 7.04. The molecule has 1 N–H and O–H groups in total. The third-order valence-corrected chi connectivity index (χ3v) is 1.61. The first-order valence-corrected chi connectivity index (χ1v) is 3.60. The van der Waals surface area contributed by atoms with Crippen molar-refractivity contribution in [2.24, 2.45) is 0 Å². The molecule has 0 atom stereocenters. The quantitative estimate of drug-likeness (QED) is 0.704. The lowest BCUT2D eigenvalue weighted by atomic mass is 10.1. The van der Waals surface area contributed by atoms with Crippen LogP contribution in [0.3, 0.4) is 0 Å². The smallest absolute Gasteiger partial charge is 0.388 e. The minimum absolute atomic E-state index is 0.0481. The molecule has 0 spiro atoms. The monoisotopic (exact) mass is 211 g/mol. The van der Waals surface area contributed by atoms with Crippen molar-refractivity contribution in [1.29, 1.82) is 0 Å². The standard InChI is InChI=1S/C8H6F5N/c1-14-4-2-5(9)7(6(10)3-4)8(11,12)13/h2-3,14H,1H3. The van der Waals surface area contributed by atoms with E-state index in [1.807, 2.05) is 0 Å². The molecule has 1 aromatic carbocycles. The van der Waals surface area contributed by atoms with Crippen LogP contribution >= 0.6 is 0 Å². The molecule has 1 aromatic rings. The van der Waals surface area contributed by atoms with Crippen LogP contribution in [-0.2, 0) is 6.18 Å². The number of anilines is 1. The maximum atomic E-state index is 12.8. The number of nitrogens with one attached hydrogen (secondary N) is 1. The summed E-state index contributed by atoms with van der Waals surface area (Å²) < 4.78 is 61.7. The highest BCUT2D eigenvalue weighted by Crippen LogP contribution is 2.34. The summed E-state index contributed by atoms with van der Waals surface area (Å²) >= 11 is 0. The molecular formula is C8H6F5N. The van der Waals surface area contributed by atoms with E-state index in [9.17, 15) is 22.0 Å². The van der Waals surface area contributed by atoms with Gasteiger partial charge in [0.25, 0.3) is 0 Å². The number of alkyl halides is 3. The Bertz CT molecular complexity index is 321. The molecule has 1 nitrogen and oxygen atoms in total. The molecule has 0 aliphatic rings. The van der Waals surface area contributed by atoms with Crippen LogP contribution in [0.5, 0.6) is 0 Å². The van der Waals surface area contributed by atoms with E-state index in [0.29, 0.717) is 12.1 Å². The van der Waals surface area contributed by atoms with Gasteiger partial charge in [0.05, 0.1) is 0 Å². The van der Waals surface area contributed by atoms with Crippen molar-refractivity contribution in [3.63, 3.8) is 0 Å². The molecule has 0 heterocycles. The first-order chi connectivity index (χ1) is 6.36. The lowest BCUT2D eigenvalue weighted by Crippen LogP contribution is -2.11. The number of hydrogen-bond acceptors (Lipinski definition) is 1. The van der Waals surface area contributed by atoms with E-state index in [4.69, 9.17) is 0 Å². The topological polar surface area (TPSA) is 12.0 Å². The molecule has 1 rings (SSSR count). The molecule has 0 aromatic heterocycles. The maximum Gasteiger partial charge on any atom is 0.422 e. The highest BCUT2D eigenvalue weighted by molar-refractivity contribution is 5.46. The SMILES string of the molecule is CNc1cc(F)c(C(F)(F)F)c(F)c1. The van der Waals surface area contributed by atoms with Gasteiger partial charge in [-0.3, -0.25) is 0 Å². The molecule has 0 fully saturated rings. The first-order valence-electron chi connectivity index (χ1n) is 3.60. The summed E-state index contributed by atoms with van der Waals surface area (Å²) in [7, 11) is 1.35. The van der Waals surface area contributed by atoms with E-state index < -0.39 is 23.4 Å². The molecule has 0 aliphatic heterocycles. The molecule has 6 heteroatoms. The van der Waals surface area contributed by atoms with Crippen LogP contribution in [0.25, 0.3) is 0 Å². The van der Waals surface area contributed by atoms with Crippen LogP contribution in [0.15, 0.2) is 12.1 Å². The zero-order chi connectivity index (χ0) is 10.9. The highest BCUT2D eigenvalue weighted by atomic mass is 19.4. The second kappa shape index (κ2) is 3.43. The molecule has 78 valence electrons. The van der Waals surface area contributed by atoms with E-state index in [-0.39, 0.29) is 5.69 Å². The average molecular weight is 211 g/mol. The van der Waals surface area contributed by atoms with Crippen LogP contribution in [0.1, 0.15) is 5.56 Å². The van der Waals surface area contributed by atoms with Gasteiger partial charge in [-0.2, -0.15) is 13.2 Å². The van der Waals surface area contributed by atoms with Crippen LogP contribution in [0.2, 0.25) is 0 Å². The summed E-state index contributed by atoms with van der Waals surface area (Å²) in [5, 5.41) is 2.34. The second-order valence-corrected chi connectivity index (χ2v) is 2.56. The Morgan fingerprint density at radius 3 is 1.79 bits per heavy atom. The Kier molecular flexibility index (Phi) is 2.64. The highest BCUT2D eigenvalue weighted by Gasteiger charge is 2.37. The van der Waals surface area contributed by atoms with E-state index >= 15 is 0 Å². The normalized spacial score (nSPS) is 11.6. The summed E-state index contributed by atoms with van der Waals surface area (Å²) in [5.74, 6) is -3.25. The Labute approximate surface area is 76.5 Å². The molecule has 0 saturated heterocycles. The van der Waals surface area contributed by atoms with Crippen LogP contribution in [0.4, 0.5) is 27.6 Å². The van der Waals surface area contributed by atoms with E-state index in [1.165, 1.54) is 7.05 Å². The molecule has 0 radical (unpaired) electrons. The van der Waals surface area contributed by atoms with Crippen molar-refractivity contribution < 1.29 is 22.0 Å². The molecule has 14 heavy (non-hydrogen) atoms. The number of hydrogen-bond donors (Lipinski definition) is 1. The fourth-order valence-corrected chi connectivity index (χ4v) is 0.988. The minimum atomic E-state index is -5.01. The van der Waals surface area contributed by atoms with Gasteiger partial charge in [-0.25, -0.2) is 8.78 Å². The van der Waals surface area contributed by atoms with Gasteiger partial charge in [0, 0.05) is 12.7 Å². The van der Waals surface area contributed by atoms with Crippen molar-refractivity contribution in [1.82, 2.24) is 0 Å². The van der Waals surface area contributed by atoms with Crippen LogP contribution < -0.4 is 5.32 Å². The minimum Gasteiger partial charge on any atom is -0.388 e. The third-order valence-electron chi connectivity index (χ3n) is 1.61. The van der Waals surface area contributed by atoms with Gasteiger partial charge in [0.2, 0.25) is 0 Å². The Balaban J connectivity index is 3.33. The van der Waals surface area contributed by atoms with Crippen molar-refractivity contribution in [2.45, 2.75) is 6.18 Å². The fourth-order valence-electron chi connectivity index (χ4n) is 0.988. The fraction of sp³-hybridized carbons (Fsp3) is 0.250. The van der Waals surface area contributed by atoms with E-state index in [1.54, 1.807) is 0 Å². The number of halogens is 5. The maximum absolute atomic E-state index is 12.8. The van der Waals surface area contributed by atoms with Gasteiger partial charge in [-0.1, -0.05) is 0 Å². The van der Waals surface area contributed by atoms with Crippen molar-refractivity contribution in [3.8, 4) is 0 Å². The summed E-state index contributed by atoms with van der Waals surface area (Å²) in [6.45, 7) is 0. The molecule has 0 saturated carbocycles. The Morgan fingerprint density at radius 1 is 1.07 bits per heavy atom. The lowest BCUT2D eigenvalue weighted by molar-refractivity contribution is -0.142. The number of rotatable bonds is 1. The van der Waals surface area contributed by atoms with E-state index in [2.05, 4.69) is 5.32 Å². The van der Waals surface area contributed by atoms with Crippen LogP contribution in [0, 0.1) is 11.6 Å². The number of benzene rings is 1. The summed E-state index contributed by atoms with van der Waals surface area (Å²) in [6, 6.07) is 1.18. The second-order valence-electron chi connectivity index (χ2n) is 2.56. The van der Waals surface area contributed by atoms with E-state index in [0.717, 1.165) is 0 Å². The van der Waals surface area contributed by atoms with Gasteiger partial charge in [-0.05, 0) is 12.1 Å². The van der Waals surface area contributed by atoms with Crippen molar-refractivity contribution in [3.05, 3.63) is 29.3 Å². The molecule has 0 aliphatic carbocycles. The predicted molar refractivity (Wildman–Crippen MR) is 40.9 cm³/mol. The van der Waals surface area contributed by atoms with Gasteiger partial charge in [-0.15, -0.1) is 0 Å². The molecule has 0 amide bonds. The van der Waals surface area contributed by atoms with Gasteiger partial charge < -0.3 is 5.32 Å². The zero-order valence-electron chi connectivity index (χ0n) is 7.04. The van der Waals surface area contributed by atoms with Gasteiger partial charge in [0.1, 0.15) is 17.2 Å². The Morgan fingerprint density at radius 2 is 1.50 bits per heavy atom. The lowest BCUT2D eigenvalue weighted by Gasteiger charge is -2.10. The molecule has 0 unspecified atom stereocenters. The summed E-state index contributed by atoms with van der Waals surface area (Å²) in [4.78, 5) is 0. The first kappa shape index (κ1) is 10.7. The Hall–Kier alpha value is -1.33. The van der Waals surface area contributed by atoms with Crippen molar-refractivity contribution in [2.75, 3.05) is 12.4 Å². The summed E-state index contributed by atoms with van der Waals surface area (Å²) in [6.07, 6.45) is -5.01. The van der Waals surface area contributed by atoms with Crippen molar-refractivity contribution >= 4 is 5.69 Å². The molecule has 0 bridgehead atoms. The largest absolute Gasteiger partial charge is 0.422 e. The van der Waals surface area contributed by atoms with Crippen LogP contribution in [-0.4, -0.2) is 7.05 Å². The van der Waals surface area contributed by atoms with Gasteiger partial charge in [0.15, 0.2) is 0 Å². The average Bonchev–Trinajstić information content (AvgIpc) is 1.99.